The summed E-state index contributed by atoms with van der Waals surface area (Å²) >= 11 is 0. The molecule has 1 rings (SSSR count). The number of methoxy groups -OCH3 is 1. The first kappa shape index (κ1) is 16.3. The molecular formula is C13H22N2O5. The quantitative estimate of drug-likeness (QED) is 0.751. The molecule has 0 radical (unpaired) electrons. The molecule has 1 fully saturated rings. The van der Waals surface area contributed by atoms with Gasteiger partial charge in [-0.15, -0.1) is 0 Å². The summed E-state index contributed by atoms with van der Waals surface area (Å²) in [7, 11) is 1.18. The number of nitrogens with one attached hydrogen (secondary N) is 1. The third-order valence-corrected chi connectivity index (χ3v) is 3.34. The van der Waals surface area contributed by atoms with Crippen LogP contribution in [0.15, 0.2) is 0 Å². The largest absolute Gasteiger partial charge is 0.480 e. The highest BCUT2D eigenvalue weighted by atomic mass is 16.5. The molecule has 1 atom stereocenters. The van der Waals surface area contributed by atoms with Crippen LogP contribution in [-0.4, -0.2) is 54.2 Å². The Kier molecular flexibility index (Phi) is 6.83. The van der Waals surface area contributed by atoms with Gasteiger partial charge in [0.1, 0.15) is 6.04 Å². The molecule has 1 saturated heterocycles. The smallest absolute Gasteiger partial charge is 0.326 e. The zero-order valence-electron chi connectivity index (χ0n) is 11.8. The topological polar surface area (TPSA) is 95.9 Å². The first-order valence-electron chi connectivity index (χ1n) is 6.89. The number of carboxylic acid groups (broad SMARTS) is 1. The van der Waals surface area contributed by atoms with Gasteiger partial charge in [-0.05, 0) is 12.8 Å². The number of nitrogens with zero attached hydrogens (tertiary/aromatic N) is 1. The standard InChI is InChI=1S/C13H22N2O5/c1-20-11(16)9-10(12(17)18)14-13(19)15-7-5-3-2-4-6-8-15/h10H,2-9H2,1H3,(H,14,19)(H,17,18)/t10-/m0/s1. The Balaban J connectivity index is 2.55. The van der Waals surface area contributed by atoms with E-state index in [1.54, 1.807) is 4.90 Å². The second kappa shape index (κ2) is 8.39. The lowest BCUT2D eigenvalue weighted by Gasteiger charge is -2.26. The lowest BCUT2D eigenvalue weighted by atomic mass is 10.1. The van der Waals surface area contributed by atoms with E-state index < -0.39 is 24.0 Å². The Bertz CT molecular complexity index is 351. The minimum Gasteiger partial charge on any atom is -0.480 e. The number of hydrogen-bond acceptors (Lipinski definition) is 4. The SMILES string of the molecule is COC(=O)C[C@H](NC(=O)N1CCCCCCC1)C(=O)O. The van der Waals surface area contributed by atoms with Crippen LogP contribution in [0.25, 0.3) is 0 Å². The van der Waals surface area contributed by atoms with Crippen molar-refractivity contribution in [2.45, 2.75) is 44.6 Å². The molecule has 1 aliphatic rings. The van der Waals surface area contributed by atoms with Crippen LogP contribution in [0.1, 0.15) is 38.5 Å². The van der Waals surface area contributed by atoms with E-state index in [0.29, 0.717) is 13.1 Å². The fraction of sp³-hybridized carbons (Fsp3) is 0.769. The van der Waals surface area contributed by atoms with Crippen LogP contribution < -0.4 is 5.32 Å². The van der Waals surface area contributed by atoms with Crippen molar-refractivity contribution in [1.82, 2.24) is 10.2 Å². The number of carbonyl (C=O) groups excluding carboxylic acids is 2. The fourth-order valence-electron chi connectivity index (χ4n) is 2.14. The fourth-order valence-corrected chi connectivity index (χ4v) is 2.14. The van der Waals surface area contributed by atoms with Gasteiger partial charge >= 0.3 is 18.0 Å². The molecule has 1 heterocycles. The molecule has 0 spiro atoms. The van der Waals surface area contributed by atoms with Gasteiger partial charge in [0.25, 0.3) is 0 Å². The molecule has 7 heteroatoms. The molecule has 0 aromatic rings. The first-order chi connectivity index (χ1) is 9.54. The molecule has 0 bridgehead atoms. The Labute approximate surface area is 118 Å². The second-order valence-corrected chi connectivity index (χ2v) is 4.88. The van der Waals surface area contributed by atoms with Crippen molar-refractivity contribution < 1.29 is 24.2 Å². The molecule has 20 heavy (non-hydrogen) atoms. The van der Waals surface area contributed by atoms with Gasteiger partial charge < -0.3 is 20.1 Å². The highest BCUT2D eigenvalue weighted by Crippen LogP contribution is 2.10. The van der Waals surface area contributed by atoms with Gasteiger partial charge in [0.2, 0.25) is 0 Å². The van der Waals surface area contributed by atoms with E-state index in [2.05, 4.69) is 10.1 Å². The van der Waals surface area contributed by atoms with Gasteiger partial charge in [0, 0.05) is 13.1 Å². The van der Waals surface area contributed by atoms with Gasteiger partial charge in [-0.2, -0.15) is 0 Å². The molecule has 0 unspecified atom stereocenters. The van der Waals surface area contributed by atoms with E-state index in [9.17, 15) is 14.4 Å². The number of ether oxygens (including phenoxy) is 1. The molecule has 7 nitrogen and oxygen atoms in total. The maximum atomic E-state index is 12.0. The predicted molar refractivity (Wildman–Crippen MR) is 71.2 cm³/mol. The summed E-state index contributed by atoms with van der Waals surface area (Å²) in [6.45, 7) is 1.24. The van der Waals surface area contributed by atoms with E-state index in [-0.39, 0.29) is 6.42 Å². The van der Waals surface area contributed by atoms with Crippen molar-refractivity contribution in [3.05, 3.63) is 0 Å². The Morgan fingerprint density at radius 2 is 1.70 bits per heavy atom. The highest BCUT2D eigenvalue weighted by molar-refractivity contribution is 5.86. The monoisotopic (exact) mass is 286 g/mol. The number of carbonyl (C=O) groups is 3. The van der Waals surface area contributed by atoms with Crippen LogP contribution >= 0.6 is 0 Å². The van der Waals surface area contributed by atoms with Crippen molar-refractivity contribution >= 4 is 18.0 Å². The highest BCUT2D eigenvalue weighted by Gasteiger charge is 2.26. The zero-order chi connectivity index (χ0) is 15.0. The number of rotatable bonds is 4. The number of hydrogen-bond donors (Lipinski definition) is 2. The maximum absolute atomic E-state index is 12.0. The van der Waals surface area contributed by atoms with E-state index in [4.69, 9.17) is 5.11 Å². The molecule has 0 aromatic heterocycles. The number of esters is 1. The summed E-state index contributed by atoms with van der Waals surface area (Å²) in [5.41, 5.74) is 0. The minimum absolute atomic E-state index is 0.370. The summed E-state index contributed by atoms with van der Waals surface area (Å²) in [6, 6.07) is -1.68. The zero-order valence-corrected chi connectivity index (χ0v) is 11.8. The van der Waals surface area contributed by atoms with Crippen LogP contribution in [0.4, 0.5) is 4.79 Å². The summed E-state index contributed by atoms with van der Waals surface area (Å²) < 4.78 is 4.43. The summed E-state index contributed by atoms with van der Waals surface area (Å²) in [5.74, 6) is -1.90. The Hall–Kier alpha value is -1.79. The summed E-state index contributed by atoms with van der Waals surface area (Å²) in [6.07, 6.45) is 4.80. The van der Waals surface area contributed by atoms with Crippen molar-refractivity contribution in [3.8, 4) is 0 Å². The summed E-state index contributed by atoms with van der Waals surface area (Å²) in [5, 5.41) is 11.4. The third-order valence-electron chi connectivity index (χ3n) is 3.34. The minimum atomic E-state index is -1.25. The molecule has 0 saturated carbocycles. The van der Waals surface area contributed by atoms with Crippen molar-refractivity contribution in [3.63, 3.8) is 0 Å². The molecule has 0 aromatic carbocycles. The number of aliphatic carboxylic acids is 1. The number of urea groups is 1. The van der Waals surface area contributed by atoms with Crippen LogP contribution in [0.5, 0.6) is 0 Å². The third kappa shape index (κ3) is 5.46. The van der Waals surface area contributed by atoms with E-state index in [1.165, 1.54) is 13.5 Å². The molecule has 114 valence electrons. The maximum Gasteiger partial charge on any atom is 0.326 e. The average molecular weight is 286 g/mol. The molecular weight excluding hydrogens is 264 g/mol. The molecule has 2 N–H and O–H groups in total. The number of amides is 2. The van der Waals surface area contributed by atoms with Crippen LogP contribution in [-0.2, 0) is 14.3 Å². The van der Waals surface area contributed by atoms with Gasteiger partial charge in [-0.1, -0.05) is 19.3 Å². The molecule has 0 aliphatic carbocycles. The van der Waals surface area contributed by atoms with Gasteiger partial charge in [0.15, 0.2) is 0 Å². The van der Waals surface area contributed by atoms with Gasteiger partial charge in [0.05, 0.1) is 13.5 Å². The lowest BCUT2D eigenvalue weighted by molar-refractivity contribution is -0.147. The van der Waals surface area contributed by atoms with Crippen molar-refractivity contribution in [1.29, 1.82) is 0 Å². The number of likely N-dealkylation sites (tertiary alicyclic amines) is 1. The van der Waals surface area contributed by atoms with Crippen molar-refractivity contribution in [2.75, 3.05) is 20.2 Å². The average Bonchev–Trinajstić information content (AvgIpc) is 2.36. The Morgan fingerprint density at radius 1 is 1.15 bits per heavy atom. The van der Waals surface area contributed by atoms with Crippen LogP contribution in [0.3, 0.4) is 0 Å². The second-order valence-electron chi connectivity index (χ2n) is 4.88. The number of carboxylic acids is 1. The van der Waals surface area contributed by atoms with E-state index >= 15 is 0 Å². The summed E-state index contributed by atoms with van der Waals surface area (Å²) in [4.78, 5) is 35.9. The van der Waals surface area contributed by atoms with Gasteiger partial charge in [-0.25, -0.2) is 9.59 Å². The predicted octanol–water partition coefficient (Wildman–Crippen LogP) is 0.978. The molecule has 1 aliphatic heterocycles. The van der Waals surface area contributed by atoms with Crippen LogP contribution in [0.2, 0.25) is 0 Å². The molecule has 2 amide bonds. The van der Waals surface area contributed by atoms with E-state index in [1.807, 2.05) is 0 Å². The van der Waals surface area contributed by atoms with Crippen LogP contribution in [0, 0.1) is 0 Å². The normalized spacial score (nSPS) is 17.6. The van der Waals surface area contributed by atoms with Crippen molar-refractivity contribution in [2.24, 2.45) is 0 Å². The Morgan fingerprint density at radius 3 is 2.20 bits per heavy atom. The first-order valence-corrected chi connectivity index (χ1v) is 6.89. The van der Waals surface area contributed by atoms with Gasteiger partial charge in [-0.3, -0.25) is 4.79 Å². The lowest BCUT2D eigenvalue weighted by Crippen LogP contribution is -2.49. The van der Waals surface area contributed by atoms with E-state index in [0.717, 1.165) is 25.7 Å².